The predicted molar refractivity (Wildman–Crippen MR) is 110 cm³/mol. The predicted octanol–water partition coefficient (Wildman–Crippen LogP) is 5.42. The fraction of sp³-hybridized carbons (Fsp3) is 0. The first-order valence-corrected chi connectivity index (χ1v) is 9.57. The molecule has 2 aromatic carbocycles. The molecule has 4 rings (SSSR count). The van der Waals surface area contributed by atoms with Gasteiger partial charge in [0.15, 0.2) is 0 Å². The molecule has 134 valence electrons. The molecular formula is C19H12Cl2N4OS. The van der Waals surface area contributed by atoms with E-state index in [1.807, 2.05) is 47.8 Å². The number of hydrogen-bond donors (Lipinski definition) is 1. The van der Waals surface area contributed by atoms with E-state index in [0.29, 0.717) is 15.0 Å². The molecule has 2 heterocycles. The summed E-state index contributed by atoms with van der Waals surface area (Å²) in [5, 5.41) is 10.3. The number of halogens is 2. The number of fused-ring (bicyclic) bond motifs is 1. The van der Waals surface area contributed by atoms with Crippen molar-refractivity contribution in [2.45, 2.75) is 0 Å². The van der Waals surface area contributed by atoms with E-state index in [4.69, 9.17) is 23.2 Å². The van der Waals surface area contributed by atoms with Gasteiger partial charge in [-0.2, -0.15) is 4.98 Å². The number of hydrogen-bond acceptors (Lipinski definition) is 4. The van der Waals surface area contributed by atoms with E-state index in [-0.39, 0.29) is 11.9 Å². The number of nitrogens with one attached hydrogen (secondary N) is 1. The Kier molecular flexibility index (Phi) is 4.94. The van der Waals surface area contributed by atoms with Gasteiger partial charge in [-0.25, -0.2) is 4.52 Å². The Balaban J connectivity index is 1.54. The topological polar surface area (TPSA) is 59.3 Å². The Morgan fingerprint density at radius 2 is 1.89 bits per heavy atom. The van der Waals surface area contributed by atoms with Crippen LogP contribution < -0.4 is 5.32 Å². The summed E-state index contributed by atoms with van der Waals surface area (Å²) in [5.74, 6) is -0.0907. The second-order valence-corrected chi connectivity index (χ2v) is 7.28. The van der Waals surface area contributed by atoms with Crippen LogP contribution in [0.1, 0.15) is 5.56 Å². The van der Waals surface area contributed by atoms with Crippen LogP contribution in [-0.4, -0.2) is 20.5 Å². The first-order valence-electron chi connectivity index (χ1n) is 7.94. The van der Waals surface area contributed by atoms with Crippen molar-refractivity contribution in [3.63, 3.8) is 0 Å². The summed E-state index contributed by atoms with van der Waals surface area (Å²) < 4.78 is 1.70. The van der Waals surface area contributed by atoms with E-state index >= 15 is 0 Å². The van der Waals surface area contributed by atoms with Crippen LogP contribution in [0.5, 0.6) is 0 Å². The molecule has 0 spiro atoms. The lowest BCUT2D eigenvalue weighted by molar-refractivity contribution is -0.111. The summed E-state index contributed by atoms with van der Waals surface area (Å²) >= 11 is 13.5. The van der Waals surface area contributed by atoms with E-state index in [0.717, 1.165) is 16.8 Å². The summed E-state index contributed by atoms with van der Waals surface area (Å²) in [5.41, 5.74) is 2.61. The third kappa shape index (κ3) is 3.88. The zero-order valence-corrected chi connectivity index (χ0v) is 16.1. The molecule has 0 atom stereocenters. The third-order valence-corrected chi connectivity index (χ3v) is 5.19. The molecule has 0 bridgehead atoms. The van der Waals surface area contributed by atoms with Gasteiger partial charge in [0.1, 0.15) is 0 Å². The molecule has 27 heavy (non-hydrogen) atoms. The highest BCUT2D eigenvalue weighted by atomic mass is 35.5. The van der Waals surface area contributed by atoms with E-state index in [1.54, 1.807) is 16.7 Å². The van der Waals surface area contributed by atoms with Crippen molar-refractivity contribution in [2.75, 3.05) is 5.32 Å². The van der Waals surface area contributed by atoms with Gasteiger partial charge in [0.05, 0.1) is 5.69 Å². The van der Waals surface area contributed by atoms with Crippen LogP contribution in [0.3, 0.4) is 0 Å². The molecule has 2 aromatic heterocycles. The highest BCUT2D eigenvalue weighted by Crippen LogP contribution is 2.27. The number of thiazole rings is 1. The van der Waals surface area contributed by atoms with Crippen LogP contribution in [0.4, 0.5) is 5.95 Å². The molecule has 5 nitrogen and oxygen atoms in total. The number of anilines is 1. The number of carbonyl (C=O) groups excluding carboxylic acids is 1. The van der Waals surface area contributed by atoms with Crippen LogP contribution in [0, 0.1) is 0 Å². The van der Waals surface area contributed by atoms with Crippen LogP contribution >= 0.6 is 34.5 Å². The number of benzene rings is 2. The van der Waals surface area contributed by atoms with Crippen molar-refractivity contribution in [1.29, 1.82) is 0 Å². The fourth-order valence-electron chi connectivity index (χ4n) is 2.48. The summed E-state index contributed by atoms with van der Waals surface area (Å²) in [4.78, 5) is 17.2. The Labute approximate surface area is 168 Å². The minimum atomic E-state index is -0.332. The molecule has 4 aromatic rings. The molecule has 0 radical (unpaired) electrons. The molecule has 0 saturated heterocycles. The standard InChI is InChI=1S/C19H12Cl2N4OS/c20-14-8-5-13(6-9-14)16-11-27-19-23-18(24-25(16)19)22-17(26)10-7-12-3-1-2-4-15(12)21/h1-11H,(H,22,24,26)/b10-7+. The highest BCUT2D eigenvalue weighted by molar-refractivity contribution is 7.15. The molecule has 8 heteroatoms. The Bertz CT molecular complexity index is 1150. The minimum Gasteiger partial charge on any atom is -0.290 e. The summed E-state index contributed by atoms with van der Waals surface area (Å²) in [6.45, 7) is 0. The van der Waals surface area contributed by atoms with Gasteiger partial charge in [0, 0.05) is 27.1 Å². The quantitative estimate of drug-likeness (QED) is 0.453. The van der Waals surface area contributed by atoms with Crippen LogP contribution in [0.2, 0.25) is 10.0 Å². The number of amides is 1. The van der Waals surface area contributed by atoms with Crippen molar-refractivity contribution >= 4 is 57.4 Å². The number of aromatic nitrogens is 3. The van der Waals surface area contributed by atoms with E-state index in [2.05, 4.69) is 15.4 Å². The van der Waals surface area contributed by atoms with Gasteiger partial charge >= 0.3 is 0 Å². The van der Waals surface area contributed by atoms with Crippen molar-refractivity contribution in [2.24, 2.45) is 0 Å². The van der Waals surface area contributed by atoms with E-state index < -0.39 is 0 Å². The summed E-state index contributed by atoms with van der Waals surface area (Å²) in [7, 11) is 0. The normalized spacial score (nSPS) is 11.3. The molecule has 1 N–H and O–H groups in total. The maximum atomic E-state index is 12.1. The summed E-state index contributed by atoms with van der Waals surface area (Å²) in [6.07, 6.45) is 3.05. The second kappa shape index (κ2) is 7.52. The van der Waals surface area contributed by atoms with E-state index in [9.17, 15) is 4.79 Å². The lowest BCUT2D eigenvalue weighted by atomic mass is 10.2. The molecule has 0 aliphatic rings. The van der Waals surface area contributed by atoms with Gasteiger partial charge in [-0.1, -0.05) is 53.5 Å². The van der Waals surface area contributed by atoms with Crippen molar-refractivity contribution in [1.82, 2.24) is 14.6 Å². The van der Waals surface area contributed by atoms with E-state index in [1.165, 1.54) is 17.4 Å². The first kappa shape index (κ1) is 17.7. The van der Waals surface area contributed by atoms with Gasteiger partial charge in [-0.15, -0.1) is 16.4 Å². The van der Waals surface area contributed by atoms with Crippen LogP contribution in [-0.2, 0) is 4.79 Å². The SMILES string of the molecule is O=C(/C=C/c1ccccc1Cl)Nc1nc2scc(-c3ccc(Cl)cc3)n2n1. The number of rotatable bonds is 4. The lowest BCUT2D eigenvalue weighted by Crippen LogP contribution is -2.09. The molecule has 0 saturated carbocycles. The van der Waals surface area contributed by atoms with Crippen molar-refractivity contribution in [3.8, 4) is 11.3 Å². The third-order valence-electron chi connectivity index (χ3n) is 3.78. The van der Waals surface area contributed by atoms with Crippen LogP contribution in [0.15, 0.2) is 60.0 Å². The summed E-state index contributed by atoms with van der Waals surface area (Å²) in [6, 6.07) is 14.7. The van der Waals surface area contributed by atoms with Crippen LogP contribution in [0.25, 0.3) is 22.3 Å². The Morgan fingerprint density at radius 1 is 1.11 bits per heavy atom. The zero-order valence-electron chi connectivity index (χ0n) is 13.8. The van der Waals surface area contributed by atoms with Gasteiger partial charge < -0.3 is 0 Å². The highest BCUT2D eigenvalue weighted by Gasteiger charge is 2.12. The average molecular weight is 415 g/mol. The minimum absolute atomic E-state index is 0.242. The maximum Gasteiger partial charge on any atom is 0.250 e. The zero-order chi connectivity index (χ0) is 18.8. The van der Waals surface area contributed by atoms with Gasteiger partial charge in [-0.3, -0.25) is 10.1 Å². The van der Waals surface area contributed by atoms with Gasteiger partial charge in [-0.05, 0) is 29.8 Å². The number of carbonyl (C=O) groups is 1. The smallest absolute Gasteiger partial charge is 0.250 e. The van der Waals surface area contributed by atoms with Gasteiger partial charge in [0.25, 0.3) is 11.9 Å². The molecular weight excluding hydrogens is 403 g/mol. The Morgan fingerprint density at radius 3 is 2.67 bits per heavy atom. The fourth-order valence-corrected chi connectivity index (χ4v) is 3.64. The number of nitrogens with zero attached hydrogens (tertiary/aromatic N) is 3. The lowest BCUT2D eigenvalue weighted by Gasteiger charge is -1.99. The van der Waals surface area contributed by atoms with Gasteiger partial charge in [0.2, 0.25) is 4.96 Å². The molecule has 0 unspecified atom stereocenters. The Hall–Kier alpha value is -2.67. The first-order chi connectivity index (χ1) is 13.1. The molecule has 0 fully saturated rings. The largest absolute Gasteiger partial charge is 0.290 e. The average Bonchev–Trinajstić information content (AvgIpc) is 3.22. The van der Waals surface area contributed by atoms with Crippen molar-refractivity contribution < 1.29 is 4.79 Å². The monoisotopic (exact) mass is 414 g/mol. The molecule has 0 aliphatic carbocycles. The maximum absolute atomic E-state index is 12.1. The molecule has 1 amide bonds. The molecule has 0 aliphatic heterocycles. The second-order valence-electron chi connectivity index (χ2n) is 5.60. The van der Waals surface area contributed by atoms with Crippen molar-refractivity contribution in [3.05, 3.63) is 75.6 Å².